The number of hydrogen-bond donors (Lipinski definition) is 1. The quantitative estimate of drug-likeness (QED) is 0.822. The second kappa shape index (κ2) is 7.66. The highest BCUT2D eigenvalue weighted by molar-refractivity contribution is 8.18. The van der Waals surface area contributed by atoms with Gasteiger partial charge in [-0.2, -0.15) is 0 Å². The predicted octanol–water partition coefficient (Wildman–Crippen LogP) is 4.20. The molecule has 1 N–H and O–H groups in total. The van der Waals surface area contributed by atoms with Gasteiger partial charge in [-0.25, -0.2) is 4.99 Å². The Labute approximate surface area is 157 Å². The number of methoxy groups -OCH3 is 1. The van der Waals surface area contributed by atoms with Crippen LogP contribution in [0.4, 0.5) is 5.69 Å². The van der Waals surface area contributed by atoms with E-state index in [2.05, 4.69) is 11.9 Å². The van der Waals surface area contributed by atoms with E-state index in [0.717, 1.165) is 23.2 Å². The van der Waals surface area contributed by atoms with Gasteiger partial charge in [-0.1, -0.05) is 31.2 Å². The standard InChI is InChI=1S/C20H20N2O3S/c1-4-14-7-5-6-8-15(14)21-20-22(2)19(24)18(26-20)12-13-9-10-16(23)17(11-13)25-3/h5-12,23H,4H2,1-3H3/b18-12-,21-20?. The topological polar surface area (TPSA) is 62.1 Å². The average Bonchev–Trinajstić information content (AvgIpc) is 2.91. The number of amidine groups is 1. The summed E-state index contributed by atoms with van der Waals surface area (Å²) in [7, 11) is 3.21. The summed E-state index contributed by atoms with van der Waals surface area (Å²) in [6.07, 6.45) is 2.66. The monoisotopic (exact) mass is 368 g/mol. The molecule has 1 aliphatic rings. The van der Waals surface area contributed by atoms with E-state index in [4.69, 9.17) is 4.74 Å². The van der Waals surface area contributed by atoms with Crippen LogP contribution in [-0.2, 0) is 11.2 Å². The van der Waals surface area contributed by atoms with Gasteiger partial charge in [0.25, 0.3) is 5.91 Å². The highest BCUT2D eigenvalue weighted by atomic mass is 32.2. The van der Waals surface area contributed by atoms with Crippen molar-refractivity contribution in [1.29, 1.82) is 0 Å². The largest absolute Gasteiger partial charge is 0.504 e. The molecule has 0 saturated carbocycles. The Morgan fingerprint density at radius 1 is 1.27 bits per heavy atom. The number of phenolic OH excluding ortho intramolecular Hbond substituents is 1. The van der Waals surface area contributed by atoms with Crippen LogP contribution in [0.2, 0.25) is 0 Å². The maximum Gasteiger partial charge on any atom is 0.266 e. The van der Waals surface area contributed by atoms with Gasteiger partial charge in [0.05, 0.1) is 17.7 Å². The number of hydrogen-bond acceptors (Lipinski definition) is 5. The first-order valence-corrected chi connectivity index (χ1v) is 9.06. The summed E-state index contributed by atoms with van der Waals surface area (Å²) in [4.78, 5) is 19.4. The first-order valence-electron chi connectivity index (χ1n) is 8.24. The molecule has 0 bridgehead atoms. The first kappa shape index (κ1) is 18.1. The fraction of sp³-hybridized carbons (Fsp3) is 0.200. The van der Waals surface area contributed by atoms with E-state index >= 15 is 0 Å². The second-order valence-electron chi connectivity index (χ2n) is 5.78. The first-order chi connectivity index (χ1) is 12.5. The second-order valence-corrected chi connectivity index (χ2v) is 6.79. The number of aromatic hydroxyl groups is 1. The van der Waals surface area contributed by atoms with E-state index in [9.17, 15) is 9.90 Å². The number of carbonyl (C=O) groups is 1. The molecule has 1 fully saturated rings. The molecule has 6 heteroatoms. The number of thioether (sulfide) groups is 1. The third-order valence-electron chi connectivity index (χ3n) is 4.09. The Hall–Kier alpha value is -2.73. The lowest BCUT2D eigenvalue weighted by molar-refractivity contribution is -0.121. The van der Waals surface area contributed by atoms with Gasteiger partial charge in [-0.3, -0.25) is 9.69 Å². The number of para-hydroxylation sites is 1. The molecule has 1 heterocycles. The molecular formula is C20H20N2O3S. The van der Waals surface area contributed by atoms with Gasteiger partial charge in [-0.05, 0) is 53.6 Å². The summed E-state index contributed by atoms with van der Waals surface area (Å²) in [5.74, 6) is 0.333. The van der Waals surface area contributed by atoms with Crippen LogP contribution < -0.4 is 4.74 Å². The van der Waals surface area contributed by atoms with Crippen molar-refractivity contribution < 1.29 is 14.6 Å². The minimum absolute atomic E-state index is 0.0654. The van der Waals surface area contributed by atoms with Gasteiger partial charge in [-0.15, -0.1) is 0 Å². The SMILES string of the molecule is CCc1ccccc1N=C1S/C(=C\c2ccc(O)c(OC)c2)C(=O)N1C. The normalized spacial score (nSPS) is 17.3. The Morgan fingerprint density at radius 3 is 2.77 bits per heavy atom. The number of benzene rings is 2. The third-order valence-corrected chi connectivity index (χ3v) is 5.15. The van der Waals surface area contributed by atoms with Crippen molar-refractivity contribution in [2.45, 2.75) is 13.3 Å². The van der Waals surface area contributed by atoms with Gasteiger partial charge in [0, 0.05) is 7.05 Å². The van der Waals surface area contributed by atoms with Crippen LogP contribution in [-0.4, -0.2) is 35.2 Å². The zero-order valence-electron chi connectivity index (χ0n) is 14.9. The summed E-state index contributed by atoms with van der Waals surface area (Å²) in [5, 5.41) is 10.3. The van der Waals surface area contributed by atoms with Crippen LogP contribution in [0.3, 0.4) is 0 Å². The number of likely N-dealkylation sites (N-methyl/N-ethyl adjacent to an activating group) is 1. The van der Waals surface area contributed by atoms with Crippen LogP contribution in [0.15, 0.2) is 52.4 Å². The molecule has 2 aromatic carbocycles. The van der Waals surface area contributed by atoms with Crippen LogP contribution in [0.25, 0.3) is 6.08 Å². The molecule has 1 amide bonds. The third kappa shape index (κ3) is 3.60. The van der Waals surface area contributed by atoms with Crippen LogP contribution in [0.5, 0.6) is 11.5 Å². The van der Waals surface area contributed by atoms with Crippen molar-refractivity contribution in [1.82, 2.24) is 4.90 Å². The maximum atomic E-state index is 12.6. The van der Waals surface area contributed by atoms with E-state index in [1.165, 1.54) is 18.9 Å². The molecule has 134 valence electrons. The zero-order valence-corrected chi connectivity index (χ0v) is 15.7. The Morgan fingerprint density at radius 2 is 2.04 bits per heavy atom. The van der Waals surface area contributed by atoms with Crippen LogP contribution in [0, 0.1) is 0 Å². The van der Waals surface area contributed by atoms with E-state index in [1.807, 2.05) is 24.3 Å². The molecule has 0 aromatic heterocycles. The van der Waals surface area contributed by atoms with Gasteiger partial charge in [0.1, 0.15) is 0 Å². The van der Waals surface area contributed by atoms with Crippen LogP contribution in [0.1, 0.15) is 18.1 Å². The van der Waals surface area contributed by atoms with Gasteiger partial charge >= 0.3 is 0 Å². The molecule has 0 unspecified atom stereocenters. The molecule has 26 heavy (non-hydrogen) atoms. The van der Waals surface area contributed by atoms with E-state index < -0.39 is 0 Å². The van der Waals surface area contributed by atoms with Gasteiger partial charge in [0.2, 0.25) is 0 Å². The fourth-order valence-corrected chi connectivity index (χ4v) is 3.59. The number of amides is 1. The minimum atomic E-state index is -0.102. The Kier molecular flexibility index (Phi) is 5.32. The summed E-state index contributed by atoms with van der Waals surface area (Å²) in [6.45, 7) is 2.08. The minimum Gasteiger partial charge on any atom is -0.504 e. The summed E-state index contributed by atoms with van der Waals surface area (Å²) < 4.78 is 5.12. The molecule has 2 aromatic rings. The number of carbonyl (C=O) groups excluding carboxylic acids is 1. The van der Waals surface area contributed by atoms with Crippen molar-refractivity contribution in [3.8, 4) is 11.5 Å². The van der Waals surface area contributed by atoms with Crippen molar-refractivity contribution in [2.75, 3.05) is 14.2 Å². The lowest BCUT2D eigenvalue weighted by Crippen LogP contribution is -2.23. The van der Waals surface area contributed by atoms with Gasteiger partial charge < -0.3 is 9.84 Å². The number of nitrogens with zero attached hydrogens (tertiary/aromatic N) is 2. The zero-order chi connectivity index (χ0) is 18.7. The highest BCUT2D eigenvalue weighted by Crippen LogP contribution is 2.35. The summed E-state index contributed by atoms with van der Waals surface area (Å²) in [5.41, 5.74) is 2.80. The van der Waals surface area contributed by atoms with Crippen molar-refractivity contribution in [2.24, 2.45) is 4.99 Å². The number of aliphatic imine (C=N–C) groups is 1. The van der Waals surface area contributed by atoms with E-state index in [-0.39, 0.29) is 11.7 Å². The molecular weight excluding hydrogens is 348 g/mol. The smallest absolute Gasteiger partial charge is 0.266 e. The molecule has 1 saturated heterocycles. The lowest BCUT2D eigenvalue weighted by atomic mass is 10.1. The summed E-state index contributed by atoms with van der Waals surface area (Å²) in [6, 6.07) is 12.9. The summed E-state index contributed by atoms with van der Waals surface area (Å²) >= 11 is 1.34. The molecule has 3 rings (SSSR count). The Bertz CT molecular complexity index is 906. The average molecular weight is 368 g/mol. The number of ether oxygens (including phenoxy) is 1. The van der Waals surface area contributed by atoms with Gasteiger partial charge in [0.15, 0.2) is 16.7 Å². The molecule has 0 radical (unpaired) electrons. The van der Waals surface area contributed by atoms with Crippen molar-refractivity contribution >= 4 is 34.6 Å². The number of aryl methyl sites for hydroxylation is 1. The molecule has 0 spiro atoms. The van der Waals surface area contributed by atoms with Crippen molar-refractivity contribution in [3.05, 3.63) is 58.5 Å². The van der Waals surface area contributed by atoms with Crippen molar-refractivity contribution in [3.63, 3.8) is 0 Å². The number of phenols is 1. The van der Waals surface area contributed by atoms with Crippen LogP contribution >= 0.6 is 11.8 Å². The molecule has 0 atom stereocenters. The van der Waals surface area contributed by atoms with E-state index in [0.29, 0.717) is 15.8 Å². The highest BCUT2D eigenvalue weighted by Gasteiger charge is 2.30. The molecule has 5 nitrogen and oxygen atoms in total. The fourth-order valence-electron chi connectivity index (χ4n) is 2.61. The van der Waals surface area contributed by atoms with E-state index in [1.54, 1.807) is 36.2 Å². The predicted molar refractivity (Wildman–Crippen MR) is 106 cm³/mol. The molecule has 0 aliphatic carbocycles. The number of rotatable bonds is 4. The maximum absolute atomic E-state index is 12.6. The Balaban J connectivity index is 1.92. The lowest BCUT2D eigenvalue weighted by Gasteiger charge is -2.08. The molecule has 1 aliphatic heterocycles.